The van der Waals surface area contributed by atoms with Crippen molar-refractivity contribution in [1.82, 2.24) is 9.55 Å². The zero-order valence-electron chi connectivity index (χ0n) is 24.5. The van der Waals surface area contributed by atoms with Gasteiger partial charge in [-0.1, -0.05) is 104 Å². The van der Waals surface area contributed by atoms with Crippen molar-refractivity contribution in [1.29, 1.82) is 0 Å². The Balaban J connectivity index is 1.25. The van der Waals surface area contributed by atoms with Gasteiger partial charge in [-0.25, -0.2) is 4.98 Å². The minimum atomic E-state index is 0.874. The fourth-order valence-corrected chi connectivity index (χ4v) is 8.47. The molecule has 3 heterocycles. The first-order valence-corrected chi connectivity index (χ1v) is 16.3. The Bertz CT molecular complexity index is 2620. The highest BCUT2D eigenvalue weighted by molar-refractivity contribution is 7.99. The molecule has 0 amide bonds. The summed E-state index contributed by atoms with van der Waals surface area (Å²) in [5, 5.41) is 7.25. The van der Waals surface area contributed by atoms with Gasteiger partial charge in [0.1, 0.15) is 17.0 Å². The molecule has 10 rings (SSSR count). The molecule has 212 valence electrons. The first-order chi connectivity index (χ1) is 22.3. The van der Waals surface area contributed by atoms with Gasteiger partial charge in [-0.3, -0.25) is 4.57 Å². The van der Waals surface area contributed by atoms with E-state index in [1.165, 1.54) is 59.2 Å². The molecule has 4 heteroatoms. The predicted molar refractivity (Wildman–Crippen MR) is 188 cm³/mol. The SMILES string of the molecule is CCc1nc2cccc3c2n1-c1cc(-c2c4ccccc4c(-c4ccc5c(c4)oc4ccccc45)c4ccccc24)ccc1S3. The number of benzene rings is 7. The van der Waals surface area contributed by atoms with E-state index in [2.05, 4.69) is 127 Å². The van der Waals surface area contributed by atoms with Crippen molar-refractivity contribution >= 4 is 66.3 Å². The van der Waals surface area contributed by atoms with Crippen LogP contribution in [-0.2, 0) is 6.42 Å². The van der Waals surface area contributed by atoms with E-state index >= 15 is 0 Å². The Kier molecular flexibility index (Phi) is 5.20. The fraction of sp³-hybridized carbons (Fsp3) is 0.0488. The predicted octanol–water partition coefficient (Wildman–Crippen LogP) is 11.6. The molecule has 0 bridgehead atoms. The molecule has 0 saturated carbocycles. The number of aromatic nitrogens is 2. The number of imidazole rings is 1. The third-order valence-electron chi connectivity index (χ3n) is 9.33. The third kappa shape index (κ3) is 3.51. The van der Waals surface area contributed by atoms with Crippen molar-refractivity contribution in [2.24, 2.45) is 0 Å². The number of para-hydroxylation sites is 2. The average Bonchev–Trinajstić information content (AvgIpc) is 3.66. The van der Waals surface area contributed by atoms with Crippen LogP contribution < -0.4 is 0 Å². The van der Waals surface area contributed by atoms with Crippen molar-refractivity contribution in [3.63, 3.8) is 0 Å². The number of rotatable bonds is 3. The van der Waals surface area contributed by atoms with E-state index < -0.39 is 0 Å². The van der Waals surface area contributed by atoms with Crippen LogP contribution in [0.25, 0.3) is 82.5 Å². The Hall–Kier alpha value is -5.32. The minimum absolute atomic E-state index is 0.874. The zero-order valence-corrected chi connectivity index (χ0v) is 25.4. The van der Waals surface area contributed by atoms with Crippen LogP contribution in [0.3, 0.4) is 0 Å². The molecule has 9 aromatic rings. The number of aryl methyl sites for hydroxylation is 1. The molecular formula is C41H26N2OS. The lowest BCUT2D eigenvalue weighted by atomic mass is 9.86. The normalized spacial score (nSPS) is 12.6. The molecule has 45 heavy (non-hydrogen) atoms. The molecule has 0 fully saturated rings. The van der Waals surface area contributed by atoms with Gasteiger partial charge in [0, 0.05) is 27.0 Å². The summed E-state index contributed by atoms with van der Waals surface area (Å²) in [6, 6.07) is 46.1. The second kappa shape index (κ2) is 9.34. The van der Waals surface area contributed by atoms with E-state index in [0.717, 1.165) is 45.3 Å². The quantitative estimate of drug-likeness (QED) is 0.191. The maximum Gasteiger partial charge on any atom is 0.136 e. The lowest BCUT2D eigenvalue weighted by Crippen LogP contribution is -2.06. The summed E-state index contributed by atoms with van der Waals surface area (Å²) in [5.41, 5.74) is 10.2. The standard InChI is InChI=1S/C41H26N2OS/c1-2-38-42-32-15-9-17-37-41(32)43(38)33-22-24(19-21-36(33)45-37)39-28-11-3-5-13-30(28)40(31-14-6-4-12-29(31)39)25-18-20-27-26-10-7-8-16-34(26)44-35(27)23-25/h3-23H,2H2,1H3. The van der Waals surface area contributed by atoms with Crippen LogP contribution in [0.1, 0.15) is 12.7 Å². The van der Waals surface area contributed by atoms with E-state index in [9.17, 15) is 0 Å². The second-order valence-corrected chi connectivity index (χ2v) is 12.9. The summed E-state index contributed by atoms with van der Waals surface area (Å²) in [6.45, 7) is 2.19. The summed E-state index contributed by atoms with van der Waals surface area (Å²) in [7, 11) is 0. The fourth-order valence-electron chi connectivity index (χ4n) is 7.41. The van der Waals surface area contributed by atoms with Crippen LogP contribution in [0, 0.1) is 0 Å². The number of furan rings is 1. The maximum absolute atomic E-state index is 6.34. The monoisotopic (exact) mass is 594 g/mol. The highest BCUT2D eigenvalue weighted by Crippen LogP contribution is 2.48. The van der Waals surface area contributed by atoms with E-state index in [-0.39, 0.29) is 0 Å². The molecule has 0 atom stereocenters. The largest absolute Gasteiger partial charge is 0.456 e. The van der Waals surface area contributed by atoms with Crippen molar-refractivity contribution in [3.05, 3.63) is 133 Å². The molecule has 0 N–H and O–H groups in total. The summed E-state index contributed by atoms with van der Waals surface area (Å²) >= 11 is 1.84. The van der Waals surface area contributed by atoms with Crippen LogP contribution in [0.15, 0.2) is 142 Å². The first-order valence-electron chi connectivity index (χ1n) is 15.4. The number of hydrogen-bond donors (Lipinski definition) is 0. The summed E-state index contributed by atoms with van der Waals surface area (Å²) in [5.74, 6) is 1.10. The van der Waals surface area contributed by atoms with Crippen molar-refractivity contribution in [3.8, 4) is 27.9 Å². The molecule has 7 aromatic carbocycles. The number of hydrogen-bond acceptors (Lipinski definition) is 3. The van der Waals surface area contributed by atoms with Gasteiger partial charge in [-0.15, -0.1) is 0 Å². The Labute approximate surface area is 263 Å². The molecule has 0 radical (unpaired) electrons. The van der Waals surface area contributed by atoms with E-state index in [1.807, 2.05) is 23.9 Å². The number of nitrogens with zero attached hydrogens (tertiary/aromatic N) is 2. The van der Waals surface area contributed by atoms with Crippen molar-refractivity contribution < 1.29 is 4.42 Å². The smallest absolute Gasteiger partial charge is 0.136 e. The van der Waals surface area contributed by atoms with Gasteiger partial charge in [-0.2, -0.15) is 0 Å². The van der Waals surface area contributed by atoms with Gasteiger partial charge in [0.15, 0.2) is 0 Å². The zero-order chi connectivity index (χ0) is 29.6. The topological polar surface area (TPSA) is 31.0 Å². The van der Waals surface area contributed by atoms with E-state index in [0.29, 0.717) is 0 Å². The molecule has 0 unspecified atom stereocenters. The van der Waals surface area contributed by atoms with Gasteiger partial charge in [-0.05, 0) is 86.3 Å². The van der Waals surface area contributed by atoms with Gasteiger partial charge < -0.3 is 4.42 Å². The lowest BCUT2D eigenvalue weighted by Gasteiger charge is -2.22. The van der Waals surface area contributed by atoms with Crippen molar-refractivity contribution in [2.45, 2.75) is 23.1 Å². The molecule has 1 aliphatic rings. The van der Waals surface area contributed by atoms with Crippen LogP contribution in [-0.4, -0.2) is 9.55 Å². The van der Waals surface area contributed by atoms with Gasteiger partial charge >= 0.3 is 0 Å². The molecule has 1 aliphatic heterocycles. The first kappa shape index (κ1) is 25.1. The second-order valence-electron chi connectivity index (χ2n) is 11.8. The van der Waals surface area contributed by atoms with Crippen LogP contribution in [0.2, 0.25) is 0 Å². The summed E-state index contributed by atoms with van der Waals surface area (Å²) in [4.78, 5) is 7.55. The summed E-state index contributed by atoms with van der Waals surface area (Å²) < 4.78 is 8.73. The van der Waals surface area contributed by atoms with Gasteiger partial charge in [0.2, 0.25) is 0 Å². The number of fused-ring (bicyclic) bond motifs is 7. The average molecular weight is 595 g/mol. The molecule has 0 spiro atoms. The maximum atomic E-state index is 6.34. The van der Waals surface area contributed by atoms with Crippen LogP contribution in [0.5, 0.6) is 0 Å². The van der Waals surface area contributed by atoms with E-state index in [1.54, 1.807) is 0 Å². The van der Waals surface area contributed by atoms with Crippen LogP contribution >= 0.6 is 11.8 Å². The highest BCUT2D eigenvalue weighted by Gasteiger charge is 2.24. The summed E-state index contributed by atoms with van der Waals surface area (Å²) in [6.07, 6.45) is 0.874. The Morgan fingerprint density at radius 1 is 0.578 bits per heavy atom. The minimum Gasteiger partial charge on any atom is -0.456 e. The molecule has 3 nitrogen and oxygen atoms in total. The molecule has 0 saturated heterocycles. The lowest BCUT2D eigenvalue weighted by molar-refractivity contribution is 0.669. The van der Waals surface area contributed by atoms with Crippen LogP contribution in [0.4, 0.5) is 0 Å². The van der Waals surface area contributed by atoms with E-state index in [4.69, 9.17) is 9.40 Å². The highest BCUT2D eigenvalue weighted by atomic mass is 32.2. The van der Waals surface area contributed by atoms with Gasteiger partial charge in [0.05, 0.1) is 16.7 Å². The molecule has 0 aliphatic carbocycles. The molecular weight excluding hydrogens is 569 g/mol. The van der Waals surface area contributed by atoms with Gasteiger partial charge in [0.25, 0.3) is 0 Å². The Morgan fingerprint density at radius 3 is 1.91 bits per heavy atom. The third-order valence-corrected chi connectivity index (χ3v) is 10.4. The molecule has 2 aromatic heterocycles. The Morgan fingerprint density at radius 2 is 1.20 bits per heavy atom. The van der Waals surface area contributed by atoms with Crippen molar-refractivity contribution in [2.75, 3.05) is 0 Å².